The second-order valence-electron chi connectivity index (χ2n) is 7.47. The van der Waals surface area contributed by atoms with Crippen LogP contribution in [0.25, 0.3) is 45.7 Å². The lowest BCUT2D eigenvalue weighted by Crippen LogP contribution is -2.27. The van der Waals surface area contributed by atoms with E-state index in [4.69, 9.17) is 0 Å². The molecule has 0 radical (unpaired) electrons. The van der Waals surface area contributed by atoms with Crippen LogP contribution in [-0.4, -0.2) is 14.5 Å². The number of benzene rings is 3. The first kappa shape index (κ1) is 19.0. The van der Waals surface area contributed by atoms with Crippen LogP contribution in [0.5, 0.6) is 0 Å². The molecule has 2 heterocycles. The van der Waals surface area contributed by atoms with Gasteiger partial charge in [-0.15, -0.1) is 0 Å². The monoisotopic (exact) mass is 401 g/mol. The van der Waals surface area contributed by atoms with E-state index < -0.39 is 0 Å². The molecule has 31 heavy (non-hydrogen) atoms. The molecule has 0 saturated carbocycles. The van der Waals surface area contributed by atoms with E-state index in [2.05, 4.69) is 100 Å². The first-order chi connectivity index (χ1) is 15.3. The van der Waals surface area contributed by atoms with Crippen molar-refractivity contribution in [3.05, 3.63) is 107 Å². The van der Waals surface area contributed by atoms with E-state index in [1.165, 1.54) is 21.5 Å². The lowest BCUT2D eigenvalue weighted by atomic mass is 10.1. The quantitative estimate of drug-likeness (QED) is 0.417. The fraction of sp³-hybridized carbons (Fsp3) is 0.0714. The number of nitrogens with zero attached hydrogens (tertiary/aromatic N) is 3. The Bertz CT molecular complexity index is 1540. The highest BCUT2D eigenvalue weighted by Crippen LogP contribution is 2.17. The van der Waals surface area contributed by atoms with E-state index in [0.717, 1.165) is 28.1 Å². The summed E-state index contributed by atoms with van der Waals surface area (Å²) in [5.74, 6) is 0.779. The van der Waals surface area contributed by atoms with E-state index in [9.17, 15) is 0 Å². The van der Waals surface area contributed by atoms with Crippen molar-refractivity contribution >= 4 is 40.0 Å². The molecule has 5 rings (SSSR count). The number of hydrogen-bond donors (Lipinski definition) is 0. The molecule has 0 N–H and O–H groups in total. The van der Waals surface area contributed by atoms with Crippen molar-refractivity contribution in [2.75, 3.05) is 0 Å². The minimum absolute atomic E-state index is 0.779. The number of aromatic nitrogens is 3. The second kappa shape index (κ2) is 8.04. The smallest absolute Gasteiger partial charge is 0.126 e. The molecular weight excluding hydrogens is 378 g/mol. The number of para-hydroxylation sites is 3. The number of rotatable bonds is 3. The fourth-order valence-corrected chi connectivity index (χ4v) is 4.18. The third kappa shape index (κ3) is 3.44. The van der Waals surface area contributed by atoms with Crippen molar-refractivity contribution in [2.45, 2.75) is 13.8 Å². The van der Waals surface area contributed by atoms with Crippen molar-refractivity contribution in [1.29, 1.82) is 0 Å². The van der Waals surface area contributed by atoms with Crippen LogP contribution in [0.4, 0.5) is 0 Å². The molecular formula is C28H23N3. The van der Waals surface area contributed by atoms with Gasteiger partial charge in [0, 0.05) is 27.0 Å². The normalized spacial score (nSPS) is 13.1. The predicted molar refractivity (Wildman–Crippen MR) is 130 cm³/mol. The standard InChI is InChI=1S/C28H23N3/c1-3-27-22(16-11-18-26-24-15-7-9-17-25(24)29-20(2)30-26)23-14-8-10-19-28(23)31(27)21-12-5-4-6-13-21/h3-19H,1-2H3/b18-11+,22-16-,27-3+. The van der Waals surface area contributed by atoms with Crippen molar-refractivity contribution in [1.82, 2.24) is 14.5 Å². The number of allylic oxidation sites excluding steroid dienone is 1. The molecule has 5 aromatic rings. The van der Waals surface area contributed by atoms with Crippen molar-refractivity contribution < 1.29 is 0 Å². The zero-order valence-corrected chi connectivity index (χ0v) is 17.7. The Morgan fingerprint density at radius 2 is 1.48 bits per heavy atom. The van der Waals surface area contributed by atoms with Crippen molar-refractivity contribution in [2.24, 2.45) is 0 Å². The van der Waals surface area contributed by atoms with Gasteiger partial charge in [-0.25, -0.2) is 9.97 Å². The van der Waals surface area contributed by atoms with Crippen LogP contribution in [0.3, 0.4) is 0 Å². The molecule has 0 aliphatic heterocycles. The fourth-order valence-electron chi connectivity index (χ4n) is 4.18. The van der Waals surface area contributed by atoms with Crippen LogP contribution in [-0.2, 0) is 0 Å². The zero-order valence-electron chi connectivity index (χ0n) is 17.7. The van der Waals surface area contributed by atoms with Gasteiger partial charge in [0.15, 0.2) is 0 Å². The molecule has 3 nitrogen and oxygen atoms in total. The highest BCUT2D eigenvalue weighted by Gasteiger charge is 2.08. The second-order valence-corrected chi connectivity index (χ2v) is 7.47. The van der Waals surface area contributed by atoms with E-state index in [-0.39, 0.29) is 0 Å². The average molecular weight is 402 g/mol. The summed E-state index contributed by atoms with van der Waals surface area (Å²) in [6.45, 7) is 4.03. The van der Waals surface area contributed by atoms with Gasteiger partial charge in [-0.2, -0.15) is 0 Å². The van der Waals surface area contributed by atoms with Crippen LogP contribution < -0.4 is 10.6 Å². The average Bonchev–Trinajstić information content (AvgIpc) is 3.13. The van der Waals surface area contributed by atoms with Gasteiger partial charge < -0.3 is 4.57 Å². The summed E-state index contributed by atoms with van der Waals surface area (Å²) in [5, 5.41) is 4.67. The van der Waals surface area contributed by atoms with Gasteiger partial charge >= 0.3 is 0 Å². The molecule has 3 heteroatoms. The largest absolute Gasteiger partial charge is 0.310 e. The van der Waals surface area contributed by atoms with Gasteiger partial charge in [0.1, 0.15) is 5.82 Å². The third-order valence-electron chi connectivity index (χ3n) is 5.50. The van der Waals surface area contributed by atoms with Gasteiger partial charge in [-0.1, -0.05) is 72.8 Å². The van der Waals surface area contributed by atoms with Crippen LogP contribution in [0.1, 0.15) is 18.4 Å². The van der Waals surface area contributed by atoms with Gasteiger partial charge in [0.2, 0.25) is 0 Å². The molecule has 0 unspecified atom stereocenters. The number of hydrogen-bond acceptors (Lipinski definition) is 2. The molecule has 0 atom stereocenters. The van der Waals surface area contributed by atoms with Gasteiger partial charge in [0.05, 0.1) is 16.7 Å². The molecule has 0 aliphatic carbocycles. The van der Waals surface area contributed by atoms with Crippen LogP contribution in [0.2, 0.25) is 0 Å². The Kier molecular flexibility index (Phi) is 4.93. The minimum atomic E-state index is 0.779. The molecule has 0 bridgehead atoms. The maximum absolute atomic E-state index is 4.66. The first-order valence-corrected chi connectivity index (χ1v) is 10.5. The highest BCUT2D eigenvalue weighted by molar-refractivity contribution is 5.88. The van der Waals surface area contributed by atoms with Gasteiger partial charge in [-0.05, 0) is 44.2 Å². The Hall–Kier alpha value is -3.98. The Balaban J connectivity index is 1.72. The molecule has 0 fully saturated rings. The summed E-state index contributed by atoms with van der Waals surface area (Å²) in [7, 11) is 0. The lowest BCUT2D eigenvalue weighted by molar-refractivity contribution is 1.07. The van der Waals surface area contributed by atoms with E-state index >= 15 is 0 Å². The maximum atomic E-state index is 4.66. The lowest BCUT2D eigenvalue weighted by Gasteiger charge is -2.05. The van der Waals surface area contributed by atoms with Crippen LogP contribution >= 0.6 is 0 Å². The number of aryl methyl sites for hydroxylation is 1. The molecule has 0 spiro atoms. The SMILES string of the molecule is C\C=c1/c(=C\C=C\c2nc(C)nc3ccccc23)c2ccccc2n1-c1ccccc1. The Morgan fingerprint density at radius 1 is 0.774 bits per heavy atom. The maximum Gasteiger partial charge on any atom is 0.126 e. The molecule has 150 valence electrons. The summed E-state index contributed by atoms with van der Waals surface area (Å²) in [6.07, 6.45) is 8.53. The van der Waals surface area contributed by atoms with Crippen LogP contribution in [0, 0.1) is 6.92 Å². The molecule has 2 aromatic heterocycles. The summed E-state index contributed by atoms with van der Waals surface area (Å²) in [4.78, 5) is 9.20. The van der Waals surface area contributed by atoms with Crippen LogP contribution in [0.15, 0.2) is 84.9 Å². The Morgan fingerprint density at radius 3 is 2.29 bits per heavy atom. The van der Waals surface area contributed by atoms with E-state index in [0.29, 0.717) is 0 Å². The zero-order chi connectivity index (χ0) is 21.2. The van der Waals surface area contributed by atoms with E-state index in [1.54, 1.807) is 0 Å². The number of fused-ring (bicyclic) bond motifs is 2. The predicted octanol–water partition coefficient (Wildman–Crippen LogP) is 5.18. The van der Waals surface area contributed by atoms with E-state index in [1.807, 2.05) is 31.2 Å². The molecule has 0 amide bonds. The molecule has 0 saturated heterocycles. The van der Waals surface area contributed by atoms with Crippen molar-refractivity contribution in [3.63, 3.8) is 0 Å². The topological polar surface area (TPSA) is 30.7 Å². The Labute approximate surface area is 181 Å². The highest BCUT2D eigenvalue weighted by atomic mass is 15.0. The third-order valence-corrected chi connectivity index (χ3v) is 5.50. The van der Waals surface area contributed by atoms with Gasteiger partial charge in [-0.3, -0.25) is 0 Å². The molecule has 0 aliphatic rings. The van der Waals surface area contributed by atoms with Crippen molar-refractivity contribution in [3.8, 4) is 5.69 Å². The summed E-state index contributed by atoms with van der Waals surface area (Å²) >= 11 is 0. The van der Waals surface area contributed by atoms with Gasteiger partial charge in [0.25, 0.3) is 0 Å². The summed E-state index contributed by atoms with van der Waals surface area (Å²) < 4.78 is 2.32. The summed E-state index contributed by atoms with van der Waals surface area (Å²) in [5.41, 5.74) is 4.27. The molecule has 3 aromatic carbocycles. The first-order valence-electron chi connectivity index (χ1n) is 10.5. The minimum Gasteiger partial charge on any atom is -0.310 e. The summed E-state index contributed by atoms with van der Waals surface area (Å²) in [6, 6.07) is 27.2.